The van der Waals surface area contributed by atoms with E-state index in [1.165, 1.54) is 18.3 Å². The maximum Gasteiger partial charge on any atom is 0.257 e. The Morgan fingerprint density at radius 1 is 1.15 bits per heavy atom. The van der Waals surface area contributed by atoms with Crippen molar-refractivity contribution in [3.05, 3.63) is 82.5 Å². The van der Waals surface area contributed by atoms with Gasteiger partial charge in [0.2, 0.25) is 0 Å². The Labute approximate surface area is 154 Å². The molecule has 3 rings (SSSR count). The average molecular weight is 362 g/mol. The molecule has 0 saturated carbocycles. The summed E-state index contributed by atoms with van der Waals surface area (Å²) in [5.74, 6) is -0.426. The van der Waals surface area contributed by atoms with Crippen molar-refractivity contribution in [2.45, 2.75) is 0 Å². The van der Waals surface area contributed by atoms with Crippen LogP contribution in [0.3, 0.4) is 0 Å². The minimum Gasteiger partial charge on any atom is -0.321 e. The highest BCUT2D eigenvalue weighted by molar-refractivity contribution is 6.34. The van der Waals surface area contributed by atoms with Crippen LogP contribution in [0.2, 0.25) is 5.02 Å². The molecule has 0 aliphatic carbocycles. The highest BCUT2D eigenvalue weighted by atomic mass is 35.5. The van der Waals surface area contributed by atoms with E-state index < -0.39 is 5.91 Å². The van der Waals surface area contributed by atoms with Crippen LogP contribution in [0.25, 0.3) is 11.3 Å². The number of carbonyl (C=O) groups excluding carboxylic acids is 2. The monoisotopic (exact) mass is 361 g/mol. The topological polar surface area (TPSA) is 82.9 Å². The van der Waals surface area contributed by atoms with Crippen LogP contribution in [0, 0.1) is 11.3 Å². The fourth-order valence-corrected chi connectivity index (χ4v) is 2.58. The zero-order valence-electron chi connectivity index (χ0n) is 13.4. The molecule has 0 saturated heterocycles. The summed E-state index contributed by atoms with van der Waals surface area (Å²) in [6.07, 6.45) is 2.29. The second-order valence-electron chi connectivity index (χ2n) is 5.44. The van der Waals surface area contributed by atoms with Gasteiger partial charge < -0.3 is 5.32 Å². The number of carbonyl (C=O) groups is 2. The number of halogens is 1. The number of nitrogens with one attached hydrogen (secondary N) is 1. The van der Waals surface area contributed by atoms with Crippen molar-refractivity contribution < 1.29 is 9.59 Å². The van der Waals surface area contributed by atoms with E-state index in [-0.39, 0.29) is 10.6 Å². The number of benzene rings is 2. The molecule has 1 amide bonds. The standard InChI is InChI=1S/C20H12ClN3O2/c21-18-6-4-13(10-22)9-17(18)20(26)24-16-5-7-19(23-11-16)15-3-1-2-14(8-15)12-25/h1-9,11-12H,(H,24,26). The van der Waals surface area contributed by atoms with Crippen LogP contribution >= 0.6 is 11.6 Å². The summed E-state index contributed by atoms with van der Waals surface area (Å²) in [5, 5.41) is 11.9. The van der Waals surface area contributed by atoms with Crippen LogP contribution in [0.4, 0.5) is 5.69 Å². The van der Waals surface area contributed by atoms with E-state index in [0.29, 0.717) is 22.5 Å². The fourth-order valence-electron chi connectivity index (χ4n) is 2.38. The van der Waals surface area contributed by atoms with Crippen molar-refractivity contribution in [2.75, 3.05) is 5.32 Å². The molecule has 0 aliphatic rings. The highest BCUT2D eigenvalue weighted by Crippen LogP contribution is 2.21. The highest BCUT2D eigenvalue weighted by Gasteiger charge is 2.12. The van der Waals surface area contributed by atoms with Gasteiger partial charge in [0.05, 0.1) is 39.8 Å². The Balaban J connectivity index is 1.80. The van der Waals surface area contributed by atoms with E-state index in [0.717, 1.165) is 11.8 Å². The van der Waals surface area contributed by atoms with Crippen LogP contribution in [0.1, 0.15) is 26.3 Å². The third-order valence-corrected chi connectivity index (χ3v) is 4.01. The molecule has 0 radical (unpaired) electrons. The van der Waals surface area contributed by atoms with Crippen LogP contribution in [0.15, 0.2) is 60.8 Å². The van der Waals surface area contributed by atoms with Gasteiger partial charge >= 0.3 is 0 Å². The first-order valence-electron chi connectivity index (χ1n) is 7.63. The molecule has 5 nitrogen and oxygen atoms in total. The molecule has 0 bridgehead atoms. The lowest BCUT2D eigenvalue weighted by atomic mass is 10.1. The predicted molar refractivity (Wildman–Crippen MR) is 99.2 cm³/mol. The van der Waals surface area contributed by atoms with E-state index >= 15 is 0 Å². The maximum absolute atomic E-state index is 12.4. The molecule has 2 aromatic carbocycles. The summed E-state index contributed by atoms with van der Waals surface area (Å²) in [7, 11) is 0. The number of pyridine rings is 1. The van der Waals surface area contributed by atoms with Gasteiger partial charge in [-0.25, -0.2) is 0 Å². The maximum atomic E-state index is 12.4. The summed E-state index contributed by atoms with van der Waals surface area (Å²) in [6.45, 7) is 0. The summed E-state index contributed by atoms with van der Waals surface area (Å²) < 4.78 is 0. The Morgan fingerprint density at radius 2 is 2.00 bits per heavy atom. The molecule has 0 unspecified atom stereocenters. The van der Waals surface area contributed by atoms with Crippen LogP contribution < -0.4 is 5.32 Å². The van der Waals surface area contributed by atoms with Crippen molar-refractivity contribution >= 4 is 29.5 Å². The molecular formula is C20H12ClN3O2. The Hall–Kier alpha value is -3.49. The Bertz CT molecular complexity index is 1020. The third kappa shape index (κ3) is 3.77. The van der Waals surface area contributed by atoms with E-state index in [9.17, 15) is 9.59 Å². The number of aromatic nitrogens is 1. The zero-order chi connectivity index (χ0) is 18.5. The van der Waals surface area contributed by atoms with Gasteiger partial charge in [-0.05, 0) is 36.4 Å². The van der Waals surface area contributed by atoms with Crippen molar-refractivity contribution in [3.8, 4) is 17.3 Å². The molecule has 3 aromatic rings. The summed E-state index contributed by atoms with van der Waals surface area (Å²) in [6, 6.07) is 17.0. The SMILES string of the molecule is N#Cc1ccc(Cl)c(C(=O)Nc2ccc(-c3cccc(C=O)c3)nc2)c1. The lowest BCUT2D eigenvalue weighted by Crippen LogP contribution is -2.13. The predicted octanol–water partition coefficient (Wildman–Crippen LogP) is 4.34. The molecule has 0 spiro atoms. The summed E-state index contributed by atoms with van der Waals surface area (Å²) >= 11 is 6.03. The number of hydrogen-bond acceptors (Lipinski definition) is 4. The second kappa shape index (κ2) is 7.60. The molecule has 26 heavy (non-hydrogen) atoms. The molecule has 1 heterocycles. The number of hydrogen-bond donors (Lipinski definition) is 1. The first-order chi connectivity index (χ1) is 12.6. The van der Waals surface area contributed by atoms with Crippen LogP contribution in [0.5, 0.6) is 0 Å². The Kier molecular flexibility index (Phi) is 5.07. The third-order valence-electron chi connectivity index (χ3n) is 3.68. The fraction of sp³-hybridized carbons (Fsp3) is 0. The van der Waals surface area contributed by atoms with Crippen molar-refractivity contribution in [1.29, 1.82) is 5.26 Å². The minimum absolute atomic E-state index is 0.216. The van der Waals surface area contributed by atoms with E-state index in [1.807, 2.05) is 12.1 Å². The zero-order valence-corrected chi connectivity index (χ0v) is 14.2. The van der Waals surface area contributed by atoms with Gasteiger partial charge in [-0.15, -0.1) is 0 Å². The van der Waals surface area contributed by atoms with E-state index in [2.05, 4.69) is 10.3 Å². The quantitative estimate of drug-likeness (QED) is 0.701. The number of rotatable bonds is 4. The molecule has 1 aromatic heterocycles. The molecule has 1 N–H and O–H groups in total. The number of nitrogens with zero attached hydrogens (tertiary/aromatic N) is 2. The average Bonchev–Trinajstić information content (AvgIpc) is 2.69. The Morgan fingerprint density at radius 3 is 2.69 bits per heavy atom. The molecule has 0 aliphatic heterocycles. The van der Waals surface area contributed by atoms with Gasteiger partial charge in [0.15, 0.2) is 0 Å². The smallest absolute Gasteiger partial charge is 0.257 e. The van der Waals surface area contributed by atoms with Gasteiger partial charge in [-0.3, -0.25) is 14.6 Å². The molecular weight excluding hydrogens is 350 g/mol. The van der Waals surface area contributed by atoms with E-state index in [4.69, 9.17) is 16.9 Å². The van der Waals surface area contributed by atoms with Gasteiger partial charge in [0.25, 0.3) is 5.91 Å². The van der Waals surface area contributed by atoms with Gasteiger partial charge in [0.1, 0.15) is 6.29 Å². The molecule has 126 valence electrons. The second-order valence-corrected chi connectivity index (χ2v) is 5.84. The first-order valence-corrected chi connectivity index (χ1v) is 8.01. The lowest BCUT2D eigenvalue weighted by Gasteiger charge is -2.08. The summed E-state index contributed by atoms with van der Waals surface area (Å²) in [5.41, 5.74) is 3.10. The number of anilines is 1. The van der Waals surface area contributed by atoms with Gasteiger partial charge in [-0.2, -0.15) is 5.26 Å². The number of amides is 1. The number of nitriles is 1. The van der Waals surface area contributed by atoms with Crippen molar-refractivity contribution in [1.82, 2.24) is 4.98 Å². The van der Waals surface area contributed by atoms with Gasteiger partial charge in [0, 0.05) is 11.1 Å². The first kappa shape index (κ1) is 17.3. The minimum atomic E-state index is -0.426. The molecule has 0 fully saturated rings. The van der Waals surface area contributed by atoms with Gasteiger partial charge in [-0.1, -0.05) is 29.8 Å². The van der Waals surface area contributed by atoms with E-state index in [1.54, 1.807) is 36.4 Å². The summed E-state index contributed by atoms with van der Waals surface area (Å²) in [4.78, 5) is 27.6. The molecule has 6 heteroatoms. The van der Waals surface area contributed by atoms with Crippen molar-refractivity contribution in [2.24, 2.45) is 0 Å². The van der Waals surface area contributed by atoms with Crippen LogP contribution in [-0.2, 0) is 0 Å². The normalized spacial score (nSPS) is 10.0. The molecule has 0 atom stereocenters. The van der Waals surface area contributed by atoms with Crippen LogP contribution in [-0.4, -0.2) is 17.2 Å². The largest absolute Gasteiger partial charge is 0.321 e. The number of aldehydes is 1. The van der Waals surface area contributed by atoms with Crippen molar-refractivity contribution in [3.63, 3.8) is 0 Å². The lowest BCUT2D eigenvalue weighted by molar-refractivity contribution is 0.102.